The predicted octanol–water partition coefficient (Wildman–Crippen LogP) is 4.98. The van der Waals surface area contributed by atoms with Crippen LogP contribution in [0.4, 0.5) is 0 Å². The molecule has 5 atom stereocenters. The standard InChI is InChI=1S/C24H40O5/c1-2-3-4-5-7-12-24(27-16-17-28-24)13-10-19-20-11-15-25-21(20)18-22(19)29-23-9-6-8-14-26-23/h10,13,19-23H,2-9,11-12,14-18H2,1H3/t19-,20-,21+,22-,23?/m1/s1. The van der Waals surface area contributed by atoms with Crippen molar-refractivity contribution in [2.75, 3.05) is 26.4 Å². The van der Waals surface area contributed by atoms with Crippen LogP contribution in [-0.4, -0.2) is 50.7 Å². The van der Waals surface area contributed by atoms with Gasteiger partial charge in [0, 0.05) is 32.0 Å². The van der Waals surface area contributed by atoms with Crippen LogP contribution in [0.5, 0.6) is 0 Å². The summed E-state index contributed by atoms with van der Waals surface area (Å²) in [5, 5.41) is 0. The molecule has 4 aliphatic rings. The zero-order valence-corrected chi connectivity index (χ0v) is 18.2. The molecule has 0 radical (unpaired) electrons. The maximum atomic E-state index is 6.44. The van der Waals surface area contributed by atoms with Gasteiger partial charge in [-0.05, 0) is 44.1 Å². The Balaban J connectivity index is 1.38. The van der Waals surface area contributed by atoms with Crippen molar-refractivity contribution in [1.29, 1.82) is 0 Å². The average molecular weight is 409 g/mol. The maximum absolute atomic E-state index is 6.44. The third-order valence-corrected chi connectivity index (χ3v) is 7.09. The molecule has 0 spiro atoms. The summed E-state index contributed by atoms with van der Waals surface area (Å²) in [5.74, 6) is 0.371. The maximum Gasteiger partial charge on any atom is 0.187 e. The van der Waals surface area contributed by atoms with Crippen molar-refractivity contribution < 1.29 is 23.7 Å². The van der Waals surface area contributed by atoms with Crippen molar-refractivity contribution >= 4 is 0 Å². The van der Waals surface area contributed by atoms with Gasteiger partial charge in [0.05, 0.1) is 25.4 Å². The second kappa shape index (κ2) is 10.7. The monoisotopic (exact) mass is 408 g/mol. The van der Waals surface area contributed by atoms with Crippen LogP contribution < -0.4 is 0 Å². The van der Waals surface area contributed by atoms with Crippen LogP contribution in [0.25, 0.3) is 0 Å². The van der Waals surface area contributed by atoms with Gasteiger partial charge in [-0.2, -0.15) is 0 Å². The fourth-order valence-electron chi connectivity index (χ4n) is 5.46. The summed E-state index contributed by atoms with van der Waals surface area (Å²) in [6.07, 6.45) is 17.7. The highest BCUT2D eigenvalue weighted by molar-refractivity contribution is 5.09. The molecule has 4 rings (SSSR count). The second-order valence-electron chi connectivity index (χ2n) is 9.18. The van der Waals surface area contributed by atoms with Crippen LogP contribution in [-0.2, 0) is 23.7 Å². The van der Waals surface area contributed by atoms with E-state index in [4.69, 9.17) is 23.7 Å². The molecular formula is C24H40O5. The molecule has 0 aromatic rings. The highest BCUT2D eigenvalue weighted by Crippen LogP contribution is 2.44. The number of hydrogen-bond donors (Lipinski definition) is 0. The van der Waals surface area contributed by atoms with E-state index >= 15 is 0 Å². The third kappa shape index (κ3) is 5.62. The van der Waals surface area contributed by atoms with Crippen LogP contribution >= 0.6 is 0 Å². The normalized spacial score (nSPS) is 36.8. The minimum absolute atomic E-state index is 0.0463. The van der Waals surface area contributed by atoms with Gasteiger partial charge >= 0.3 is 0 Å². The van der Waals surface area contributed by atoms with Crippen LogP contribution in [0.15, 0.2) is 12.2 Å². The summed E-state index contributed by atoms with van der Waals surface area (Å²) in [5.41, 5.74) is 0. The summed E-state index contributed by atoms with van der Waals surface area (Å²) in [6.45, 7) is 5.34. The van der Waals surface area contributed by atoms with Crippen molar-refractivity contribution in [3.05, 3.63) is 12.2 Å². The van der Waals surface area contributed by atoms with E-state index in [-0.39, 0.29) is 12.4 Å². The summed E-state index contributed by atoms with van der Waals surface area (Å²) in [7, 11) is 0. The van der Waals surface area contributed by atoms with Gasteiger partial charge in [0.25, 0.3) is 0 Å². The zero-order chi connectivity index (χ0) is 19.9. The SMILES string of the molecule is CCCCCCCC1(C=C[C@@H]2[C@H]3CCO[C@H]3C[C@H]2OC2CCCCO2)OCCO1. The number of unbranched alkanes of at least 4 members (excludes halogenated alkanes) is 4. The molecule has 1 unspecified atom stereocenters. The predicted molar refractivity (Wildman–Crippen MR) is 112 cm³/mol. The Kier molecular flexibility index (Phi) is 8.04. The minimum atomic E-state index is -0.532. The lowest BCUT2D eigenvalue weighted by molar-refractivity contribution is -0.194. The van der Waals surface area contributed by atoms with Crippen LogP contribution in [0.3, 0.4) is 0 Å². The summed E-state index contributed by atoms with van der Waals surface area (Å²) in [4.78, 5) is 0. The van der Waals surface area contributed by atoms with E-state index in [2.05, 4.69) is 19.1 Å². The van der Waals surface area contributed by atoms with E-state index in [1.165, 1.54) is 32.1 Å². The Morgan fingerprint density at radius 2 is 1.79 bits per heavy atom. The third-order valence-electron chi connectivity index (χ3n) is 7.09. The Bertz CT molecular complexity index is 509. The number of fused-ring (bicyclic) bond motifs is 1. The Labute approximate surface area is 176 Å². The first-order valence-corrected chi connectivity index (χ1v) is 12.2. The van der Waals surface area contributed by atoms with Crippen molar-refractivity contribution in [1.82, 2.24) is 0 Å². The fourth-order valence-corrected chi connectivity index (χ4v) is 5.46. The zero-order valence-electron chi connectivity index (χ0n) is 18.2. The molecular weight excluding hydrogens is 368 g/mol. The van der Waals surface area contributed by atoms with Gasteiger partial charge in [-0.15, -0.1) is 0 Å². The van der Waals surface area contributed by atoms with Crippen molar-refractivity contribution in [3.63, 3.8) is 0 Å². The summed E-state index contributed by atoms with van der Waals surface area (Å²) in [6, 6.07) is 0. The largest absolute Gasteiger partial charge is 0.378 e. The molecule has 5 nitrogen and oxygen atoms in total. The lowest BCUT2D eigenvalue weighted by atomic mass is 9.90. The molecule has 3 heterocycles. The molecule has 4 fully saturated rings. The number of ether oxygens (including phenoxy) is 5. The molecule has 1 aliphatic carbocycles. The Morgan fingerprint density at radius 1 is 0.931 bits per heavy atom. The topological polar surface area (TPSA) is 46.2 Å². The molecule has 0 amide bonds. The molecule has 29 heavy (non-hydrogen) atoms. The summed E-state index contributed by atoms with van der Waals surface area (Å²) >= 11 is 0. The number of hydrogen-bond acceptors (Lipinski definition) is 5. The quantitative estimate of drug-likeness (QED) is 0.377. The highest BCUT2D eigenvalue weighted by Gasteiger charge is 2.47. The van der Waals surface area contributed by atoms with E-state index in [1.54, 1.807) is 0 Å². The highest BCUT2D eigenvalue weighted by atomic mass is 16.7. The molecule has 0 bridgehead atoms. The number of rotatable bonds is 10. The average Bonchev–Trinajstić information content (AvgIpc) is 3.45. The van der Waals surface area contributed by atoms with Crippen molar-refractivity contribution in [2.45, 2.75) is 102 Å². The van der Waals surface area contributed by atoms with Gasteiger partial charge in [0.2, 0.25) is 0 Å². The molecule has 166 valence electrons. The lowest BCUT2D eigenvalue weighted by Crippen LogP contribution is -2.32. The van der Waals surface area contributed by atoms with E-state index in [9.17, 15) is 0 Å². The van der Waals surface area contributed by atoms with Gasteiger partial charge < -0.3 is 23.7 Å². The summed E-state index contributed by atoms with van der Waals surface area (Å²) < 4.78 is 30.5. The minimum Gasteiger partial charge on any atom is -0.378 e. The smallest absolute Gasteiger partial charge is 0.187 e. The van der Waals surface area contributed by atoms with Gasteiger partial charge in [0.1, 0.15) is 0 Å². The van der Waals surface area contributed by atoms with Crippen LogP contribution in [0, 0.1) is 11.8 Å². The van der Waals surface area contributed by atoms with Crippen LogP contribution in [0.2, 0.25) is 0 Å². The van der Waals surface area contributed by atoms with Crippen molar-refractivity contribution in [2.24, 2.45) is 11.8 Å². The molecule has 0 aromatic carbocycles. The lowest BCUT2D eigenvalue weighted by Gasteiger charge is -2.30. The molecule has 3 saturated heterocycles. The van der Waals surface area contributed by atoms with E-state index < -0.39 is 5.79 Å². The molecule has 3 aliphatic heterocycles. The van der Waals surface area contributed by atoms with Gasteiger partial charge in [0.15, 0.2) is 12.1 Å². The first kappa shape index (κ1) is 21.8. The Morgan fingerprint density at radius 3 is 2.59 bits per heavy atom. The molecule has 0 N–H and O–H groups in total. The van der Waals surface area contributed by atoms with E-state index in [1.807, 2.05) is 0 Å². The van der Waals surface area contributed by atoms with Gasteiger partial charge in [-0.25, -0.2) is 0 Å². The molecule has 5 heteroatoms. The Hall–Kier alpha value is -0.460. The fraction of sp³-hybridized carbons (Fsp3) is 0.917. The van der Waals surface area contributed by atoms with E-state index in [0.717, 1.165) is 51.7 Å². The molecule has 1 saturated carbocycles. The van der Waals surface area contributed by atoms with Gasteiger partial charge in [-0.3, -0.25) is 0 Å². The molecule has 0 aromatic heterocycles. The van der Waals surface area contributed by atoms with E-state index in [0.29, 0.717) is 31.2 Å². The van der Waals surface area contributed by atoms with Crippen LogP contribution in [0.1, 0.15) is 77.6 Å². The van der Waals surface area contributed by atoms with Crippen molar-refractivity contribution in [3.8, 4) is 0 Å². The first-order chi connectivity index (χ1) is 14.3. The second-order valence-corrected chi connectivity index (χ2v) is 9.18. The van der Waals surface area contributed by atoms with Gasteiger partial charge in [-0.1, -0.05) is 38.7 Å². The first-order valence-electron chi connectivity index (χ1n) is 12.2.